The number of nitrogens with one attached hydrogen (secondary N) is 2. The highest BCUT2D eigenvalue weighted by Crippen LogP contribution is 2.16. The van der Waals surface area contributed by atoms with E-state index >= 15 is 0 Å². The number of carbonyl (C=O) groups is 2. The van der Waals surface area contributed by atoms with Crippen molar-refractivity contribution in [1.82, 2.24) is 0 Å². The molecule has 0 aliphatic rings. The second kappa shape index (κ2) is 6.76. The van der Waals surface area contributed by atoms with Crippen LogP contribution in [0.4, 0.5) is 21.9 Å². The summed E-state index contributed by atoms with van der Waals surface area (Å²) in [5.41, 5.74) is 2.90. The summed E-state index contributed by atoms with van der Waals surface area (Å²) in [6.07, 6.45) is 0. The van der Waals surface area contributed by atoms with E-state index in [1.807, 2.05) is 43.3 Å². The Morgan fingerprint density at radius 2 is 1.55 bits per heavy atom. The number of anilines is 3. The number of nitrogens with zero attached hydrogens (tertiary/aromatic N) is 1. The number of carbonyl (C=O) groups excluding carboxylic acids is 2. The third-order valence-corrected chi connectivity index (χ3v) is 3.17. The summed E-state index contributed by atoms with van der Waals surface area (Å²) in [6.45, 7) is 1.49. The quantitative estimate of drug-likeness (QED) is 0.848. The van der Waals surface area contributed by atoms with Crippen LogP contribution in [0.15, 0.2) is 48.5 Å². The topological polar surface area (TPSA) is 61.4 Å². The number of Topliss-reactive ketones (excluding diaryl/α,β-unsaturated/α-hetero) is 1. The molecule has 0 aliphatic carbocycles. The van der Waals surface area contributed by atoms with Gasteiger partial charge in [-0.25, -0.2) is 4.79 Å². The highest BCUT2D eigenvalue weighted by Gasteiger charge is 2.05. The molecule has 0 heterocycles. The van der Waals surface area contributed by atoms with E-state index in [2.05, 4.69) is 10.6 Å². The average molecular weight is 297 g/mol. The molecule has 2 rings (SSSR count). The largest absolute Gasteiger partial charge is 0.378 e. The molecule has 5 heteroatoms. The third-order valence-electron chi connectivity index (χ3n) is 3.17. The van der Waals surface area contributed by atoms with Crippen LogP contribution in [0.2, 0.25) is 0 Å². The van der Waals surface area contributed by atoms with Crippen LogP contribution < -0.4 is 15.5 Å². The van der Waals surface area contributed by atoms with E-state index < -0.39 is 0 Å². The van der Waals surface area contributed by atoms with Gasteiger partial charge in [0.15, 0.2) is 5.78 Å². The van der Waals surface area contributed by atoms with Gasteiger partial charge in [0.1, 0.15) is 0 Å². The Labute approximate surface area is 129 Å². The summed E-state index contributed by atoms with van der Waals surface area (Å²) < 4.78 is 0. The van der Waals surface area contributed by atoms with Gasteiger partial charge in [0, 0.05) is 36.7 Å². The van der Waals surface area contributed by atoms with E-state index in [0.717, 1.165) is 5.69 Å². The summed E-state index contributed by atoms with van der Waals surface area (Å²) in [6, 6.07) is 14.0. The van der Waals surface area contributed by atoms with E-state index in [9.17, 15) is 9.59 Å². The molecule has 22 heavy (non-hydrogen) atoms. The van der Waals surface area contributed by atoms with Gasteiger partial charge in [-0.05, 0) is 43.3 Å². The molecule has 2 aromatic rings. The normalized spacial score (nSPS) is 9.95. The lowest BCUT2D eigenvalue weighted by atomic mass is 10.1. The predicted molar refractivity (Wildman–Crippen MR) is 89.9 cm³/mol. The molecular formula is C17H19N3O2. The zero-order valence-electron chi connectivity index (χ0n) is 12.9. The van der Waals surface area contributed by atoms with E-state index in [1.165, 1.54) is 6.92 Å². The average Bonchev–Trinajstić information content (AvgIpc) is 2.47. The molecule has 2 N–H and O–H groups in total. The van der Waals surface area contributed by atoms with Gasteiger partial charge in [-0.1, -0.05) is 12.1 Å². The molecule has 2 amide bonds. The number of ketones is 1. The predicted octanol–water partition coefficient (Wildman–Crippen LogP) is 3.60. The van der Waals surface area contributed by atoms with Crippen molar-refractivity contribution < 1.29 is 9.59 Å². The first-order valence-corrected chi connectivity index (χ1v) is 6.92. The molecule has 0 fully saturated rings. The van der Waals surface area contributed by atoms with Gasteiger partial charge in [-0.3, -0.25) is 4.79 Å². The van der Waals surface area contributed by atoms with E-state index in [0.29, 0.717) is 16.9 Å². The lowest BCUT2D eigenvalue weighted by Crippen LogP contribution is -2.19. The van der Waals surface area contributed by atoms with Crippen molar-refractivity contribution in [2.45, 2.75) is 6.92 Å². The summed E-state index contributed by atoms with van der Waals surface area (Å²) >= 11 is 0. The van der Waals surface area contributed by atoms with Crippen molar-refractivity contribution >= 4 is 28.9 Å². The maximum absolute atomic E-state index is 12.0. The monoisotopic (exact) mass is 297 g/mol. The Kier molecular flexibility index (Phi) is 4.78. The maximum Gasteiger partial charge on any atom is 0.323 e. The minimum Gasteiger partial charge on any atom is -0.378 e. The lowest BCUT2D eigenvalue weighted by molar-refractivity contribution is 0.101. The Morgan fingerprint density at radius 3 is 2.14 bits per heavy atom. The van der Waals surface area contributed by atoms with Crippen molar-refractivity contribution in [3.05, 3.63) is 54.1 Å². The highest BCUT2D eigenvalue weighted by atomic mass is 16.2. The Balaban J connectivity index is 2.00. The Hall–Kier alpha value is -2.82. The van der Waals surface area contributed by atoms with Gasteiger partial charge in [-0.15, -0.1) is 0 Å². The van der Waals surface area contributed by atoms with Gasteiger partial charge >= 0.3 is 6.03 Å². The minimum atomic E-state index is -0.349. The smallest absolute Gasteiger partial charge is 0.323 e. The minimum absolute atomic E-state index is 0.0386. The zero-order chi connectivity index (χ0) is 16.1. The number of rotatable bonds is 4. The van der Waals surface area contributed by atoms with Crippen LogP contribution in [0.5, 0.6) is 0 Å². The molecular weight excluding hydrogens is 278 g/mol. The molecule has 0 aliphatic heterocycles. The maximum atomic E-state index is 12.0. The molecule has 0 unspecified atom stereocenters. The van der Waals surface area contributed by atoms with Crippen molar-refractivity contribution in [1.29, 1.82) is 0 Å². The van der Waals surface area contributed by atoms with Crippen LogP contribution in [0.25, 0.3) is 0 Å². The van der Waals surface area contributed by atoms with Crippen LogP contribution in [-0.2, 0) is 0 Å². The summed E-state index contributed by atoms with van der Waals surface area (Å²) in [5.74, 6) is -0.0386. The summed E-state index contributed by atoms with van der Waals surface area (Å²) in [4.78, 5) is 25.3. The van der Waals surface area contributed by atoms with Crippen molar-refractivity contribution in [2.24, 2.45) is 0 Å². The van der Waals surface area contributed by atoms with E-state index in [-0.39, 0.29) is 11.8 Å². The van der Waals surface area contributed by atoms with Gasteiger partial charge in [0.05, 0.1) is 0 Å². The van der Waals surface area contributed by atoms with E-state index in [1.54, 1.807) is 24.3 Å². The van der Waals surface area contributed by atoms with Crippen molar-refractivity contribution in [3.8, 4) is 0 Å². The fourth-order valence-corrected chi connectivity index (χ4v) is 1.95. The summed E-state index contributed by atoms with van der Waals surface area (Å²) in [7, 11) is 3.91. The van der Waals surface area contributed by atoms with Crippen LogP contribution in [0.3, 0.4) is 0 Å². The number of hydrogen-bond donors (Lipinski definition) is 2. The number of amides is 2. The van der Waals surface area contributed by atoms with Crippen molar-refractivity contribution in [2.75, 3.05) is 29.6 Å². The SMILES string of the molecule is CC(=O)c1cccc(NC(=O)Nc2ccc(N(C)C)cc2)c1. The number of hydrogen-bond acceptors (Lipinski definition) is 3. The Bertz CT molecular complexity index is 679. The lowest BCUT2D eigenvalue weighted by Gasteiger charge is -2.13. The van der Waals surface area contributed by atoms with Crippen LogP contribution in [0, 0.1) is 0 Å². The molecule has 0 bridgehead atoms. The molecule has 0 spiro atoms. The molecule has 114 valence electrons. The van der Waals surface area contributed by atoms with Crippen LogP contribution in [-0.4, -0.2) is 25.9 Å². The summed E-state index contributed by atoms with van der Waals surface area (Å²) in [5, 5.41) is 5.46. The fraction of sp³-hybridized carbons (Fsp3) is 0.176. The fourth-order valence-electron chi connectivity index (χ4n) is 1.95. The van der Waals surface area contributed by atoms with Gasteiger partial charge < -0.3 is 15.5 Å². The third kappa shape index (κ3) is 4.09. The van der Waals surface area contributed by atoms with Crippen molar-refractivity contribution in [3.63, 3.8) is 0 Å². The van der Waals surface area contributed by atoms with Crippen LogP contribution in [0.1, 0.15) is 17.3 Å². The first-order chi connectivity index (χ1) is 10.5. The molecule has 0 atom stereocenters. The standard InChI is InChI=1S/C17H19N3O2/c1-12(21)13-5-4-6-15(11-13)19-17(22)18-14-7-9-16(10-8-14)20(2)3/h4-11H,1-3H3,(H2,18,19,22). The number of benzene rings is 2. The molecule has 0 saturated heterocycles. The zero-order valence-corrected chi connectivity index (χ0v) is 12.9. The molecule has 5 nitrogen and oxygen atoms in total. The molecule has 0 saturated carbocycles. The first kappa shape index (κ1) is 15.6. The van der Waals surface area contributed by atoms with E-state index in [4.69, 9.17) is 0 Å². The first-order valence-electron chi connectivity index (χ1n) is 6.92. The molecule has 2 aromatic carbocycles. The van der Waals surface area contributed by atoms with Gasteiger partial charge in [-0.2, -0.15) is 0 Å². The second-order valence-corrected chi connectivity index (χ2v) is 5.16. The van der Waals surface area contributed by atoms with Gasteiger partial charge in [0.25, 0.3) is 0 Å². The molecule has 0 aromatic heterocycles. The molecule has 0 radical (unpaired) electrons. The Morgan fingerprint density at radius 1 is 0.909 bits per heavy atom. The van der Waals surface area contributed by atoms with Crippen LogP contribution >= 0.6 is 0 Å². The second-order valence-electron chi connectivity index (χ2n) is 5.16. The highest BCUT2D eigenvalue weighted by molar-refractivity contribution is 6.01. The number of urea groups is 1. The van der Waals surface area contributed by atoms with Gasteiger partial charge in [0.2, 0.25) is 0 Å².